The van der Waals surface area contributed by atoms with Gasteiger partial charge in [0.1, 0.15) is 6.54 Å². The molecule has 0 radical (unpaired) electrons. The van der Waals surface area contributed by atoms with Gasteiger partial charge < -0.3 is 9.80 Å². The van der Waals surface area contributed by atoms with Gasteiger partial charge in [-0.1, -0.05) is 41.9 Å². The van der Waals surface area contributed by atoms with Gasteiger partial charge in [-0.3, -0.25) is 4.79 Å². The van der Waals surface area contributed by atoms with Crippen molar-refractivity contribution in [1.82, 2.24) is 25.1 Å². The summed E-state index contributed by atoms with van der Waals surface area (Å²) < 4.78 is 0. The normalized spacial score (nSPS) is 14.4. The van der Waals surface area contributed by atoms with E-state index in [9.17, 15) is 4.79 Å². The summed E-state index contributed by atoms with van der Waals surface area (Å²) in [6.45, 7) is 3.00. The number of benzene rings is 2. The summed E-state index contributed by atoms with van der Waals surface area (Å²) in [4.78, 5) is 18.0. The first-order valence-electron chi connectivity index (χ1n) is 8.80. The van der Waals surface area contributed by atoms with Gasteiger partial charge in [0.15, 0.2) is 0 Å². The lowest BCUT2D eigenvalue weighted by atomic mass is 10.2. The number of nitrogens with zero attached hydrogens (tertiary/aromatic N) is 6. The predicted octanol–water partition coefficient (Wildman–Crippen LogP) is 2.34. The number of hydrogen-bond acceptors (Lipinski definition) is 5. The highest BCUT2D eigenvalue weighted by Crippen LogP contribution is 2.19. The molecule has 1 amide bonds. The number of carbonyl (C=O) groups excluding carboxylic acids is 1. The monoisotopic (exact) mass is 382 g/mol. The molecule has 1 aromatic heterocycles. The molecule has 1 saturated heterocycles. The molecule has 2 heterocycles. The summed E-state index contributed by atoms with van der Waals surface area (Å²) in [5, 5.41) is 13.1. The number of hydrogen-bond donors (Lipinski definition) is 0. The average molecular weight is 383 g/mol. The van der Waals surface area contributed by atoms with Crippen molar-refractivity contribution in [2.24, 2.45) is 0 Å². The molecule has 1 aliphatic heterocycles. The number of anilines is 1. The number of rotatable bonds is 4. The van der Waals surface area contributed by atoms with Crippen LogP contribution in [0.1, 0.15) is 0 Å². The first-order chi connectivity index (χ1) is 13.2. The zero-order valence-corrected chi connectivity index (χ0v) is 15.5. The van der Waals surface area contributed by atoms with Gasteiger partial charge in [-0.2, -0.15) is 4.80 Å². The molecule has 0 N–H and O–H groups in total. The summed E-state index contributed by atoms with van der Waals surface area (Å²) in [5.74, 6) is 0.527. The van der Waals surface area contributed by atoms with Crippen molar-refractivity contribution >= 4 is 23.2 Å². The second-order valence-electron chi connectivity index (χ2n) is 6.35. The zero-order chi connectivity index (χ0) is 18.6. The quantitative estimate of drug-likeness (QED) is 0.692. The molecule has 0 saturated carbocycles. The summed E-state index contributed by atoms with van der Waals surface area (Å²) in [6, 6.07) is 17.4. The van der Waals surface area contributed by atoms with Crippen molar-refractivity contribution in [3.8, 4) is 11.4 Å². The van der Waals surface area contributed by atoms with Crippen LogP contribution >= 0.6 is 11.6 Å². The molecule has 0 unspecified atom stereocenters. The van der Waals surface area contributed by atoms with Gasteiger partial charge in [0.25, 0.3) is 0 Å². The van der Waals surface area contributed by atoms with Crippen LogP contribution in [0.2, 0.25) is 5.02 Å². The lowest BCUT2D eigenvalue weighted by Gasteiger charge is -2.36. The van der Waals surface area contributed by atoms with E-state index in [4.69, 9.17) is 11.6 Å². The van der Waals surface area contributed by atoms with Crippen LogP contribution in [0.4, 0.5) is 5.69 Å². The Morgan fingerprint density at radius 2 is 1.67 bits per heavy atom. The topological polar surface area (TPSA) is 67.2 Å². The Labute approximate surface area is 162 Å². The molecule has 0 bridgehead atoms. The van der Waals surface area contributed by atoms with Crippen LogP contribution in [0.5, 0.6) is 0 Å². The van der Waals surface area contributed by atoms with Crippen molar-refractivity contribution < 1.29 is 4.79 Å². The van der Waals surface area contributed by atoms with Gasteiger partial charge in [-0.05, 0) is 29.5 Å². The number of tetrazole rings is 1. The first-order valence-corrected chi connectivity index (χ1v) is 9.18. The summed E-state index contributed by atoms with van der Waals surface area (Å²) >= 11 is 5.94. The lowest BCUT2D eigenvalue weighted by molar-refractivity contribution is -0.132. The average Bonchev–Trinajstić information content (AvgIpc) is 3.18. The van der Waals surface area contributed by atoms with Crippen LogP contribution < -0.4 is 4.90 Å². The Morgan fingerprint density at radius 3 is 2.37 bits per heavy atom. The number of halogens is 1. The second kappa shape index (κ2) is 7.75. The van der Waals surface area contributed by atoms with Crippen LogP contribution in [0.3, 0.4) is 0 Å². The number of amides is 1. The summed E-state index contributed by atoms with van der Waals surface area (Å²) in [7, 11) is 0. The molecule has 1 fully saturated rings. The van der Waals surface area contributed by atoms with Crippen LogP contribution in [0.25, 0.3) is 11.4 Å². The Morgan fingerprint density at radius 1 is 0.963 bits per heavy atom. The number of piperazine rings is 1. The minimum absolute atomic E-state index is 0.00256. The van der Waals surface area contributed by atoms with Crippen molar-refractivity contribution in [1.29, 1.82) is 0 Å². The SMILES string of the molecule is O=C(Cn1nnc(-c2ccccc2)n1)N1CCN(c2ccc(Cl)cc2)CC1. The molecule has 7 nitrogen and oxygen atoms in total. The number of carbonyl (C=O) groups is 1. The Bertz CT molecular complexity index is 903. The standard InChI is InChI=1S/C19H19ClN6O/c20-16-6-8-17(9-7-16)24-10-12-25(13-11-24)18(27)14-26-22-19(21-23-26)15-4-2-1-3-5-15/h1-9H,10-14H2. The fourth-order valence-corrected chi connectivity index (χ4v) is 3.23. The highest BCUT2D eigenvalue weighted by Gasteiger charge is 2.22. The molecule has 4 rings (SSSR count). The molecular weight excluding hydrogens is 364 g/mol. The first kappa shape index (κ1) is 17.5. The zero-order valence-electron chi connectivity index (χ0n) is 14.7. The maximum absolute atomic E-state index is 12.6. The third-order valence-corrected chi connectivity index (χ3v) is 4.84. The van der Waals surface area contributed by atoms with Crippen LogP contribution in [0, 0.1) is 0 Å². The smallest absolute Gasteiger partial charge is 0.246 e. The van der Waals surface area contributed by atoms with Crippen molar-refractivity contribution in [3.05, 3.63) is 59.6 Å². The molecule has 1 aliphatic rings. The van der Waals surface area contributed by atoms with Crippen LogP contribution in [0.15, 0.2) is 54.6 Å². The molecular formula is C19H19ClN6O. The van der Waals surface area contributed by atoms with Gasteiger partial charge >= 0.3 is 0 Å². The molecule has 0 spiro atoms. The van der Waals surface area contributed by atoms with Gasteiger partial charge in [0, 0.05) is 42.5 Å². The molecule has 2 aromatic carbocycles. The van der Waals surface area contributed by atoms with E-state index in [1.54, 1.807) is 0 Å². The van der Waals surface area contributed by atoms with E-state index in [1.165, 1.54) is 4.80 Å². The maximum atomic E-state index is 12.6. The predicted molar refractivity (Wildman–Crippen MR) is 103 cm³/mol. The lowest BCUT2D eigenvalue weighted by Crippen LogP contribution is -2.49. The fraction of sp³-hybridized carbons (Fsp3) is 0.263. The van der Waals surface area contributed by atoms with Crippen LogP contribution in [-0.4, -0.2) is 57.2 Å². The highest BCUT2D eigenvalue weighted by atomic mass is 35.5. The Hall–Kier alpha value is -2.93. The fourth-order valence-electron chi connectivity index (χ4n) is 3.10. The van der Waals surface area contributed by atoms with E-state index in [0.717, 1.165) is 29.4 Å². The van der Waals surface area contributed by atoms with Crippen LogP contribution in [-0.2, 0) is 11.3 Å². The van der Waals surface area contributed by atoms with Gasteiger partial charge in [0.05, 0.1) is 0 Å². The highest BCUT2D eigenvalue weighted by molar-refractivity contribution is 6.30. The van der Waals surface area contributed by atoms with Crippen molar-refractivity contribution in [2.75, 3.05) is 31.1 Å². The number of aromatic nitrogens is 4. The van der Waals surface area contributed by atoms with E-state index >= 15 is 0 Å². The molecule has 0 atom stereocenters. The molecule has 138 valence electrons. The third kappa shape index (κ3) is 4.09. The van der Waals surface area contributed by atoms with Gasteiger partial charge in [-0.15, -0.1) is 10.2 Å². The molecule has 0 aliphatic carbocycles. The van der Waals surface area contributed by atoms with Gasteiger partial charge in [-0.25, -0.2) is 0 Å². The van der Waals surface area contributed by atoms with Crippen molar-refractivity contribution in [2.45, 2.75) is 6.54 Å². The van der Waals surface area contributed by atoms with E-state index in [0.29, 0.717) is 18.9 Å². The van der Waals surface area contributed by atoms with E-state index in [2.05, 4.69) is 20.3 Å². The molecule has 3 aromatic rings. The largest absolute Gasteiger partial charge is 0.368 e. The minimum Gasteiger partial charge on any atom is -0.368 e. The minimum atomic E-state index is 0.00256. The summed E-state index contributed by atoms with van der Waals surface area (Å²) in [6.07, 6.45) is 0. The van der Waals surface area contributed by atoms with Gasteiger partial charge in [0.2, 0.25) is 11.7 Å². The maximum Gasteiger partial charge on any atom is 0.246 e. The van der Waals surface area contributed by atoms with E-state index in [1.807, 2.05) is 59.5 Å². The van der Waals surface area contributed by atoms with E-state index in [-0.39, 0.29) is 12.5 Å². The van der Waals surface area contributed by atoms with E-state index < -0.39 is 0 Å². The third-order valence-electron chi connectivity index (χ3n) is 4.59. The Balaban J connectivity index is 1.33. The summed E-state index contributed by atoms with van der Waals surface area (Å²) in [5.41, 5.74) is 2.00. The molecule has 27 heavy (non-hydrogen) atoms. The second-order valence-corrected chi connectivity index (χ2v) is 6.79. The molecule has 8 heteroatoms. The Kier molecular flexibility index (Phi) is 5.02. The van der Waals surface area contributed by atoms with Crippen molar-refractivity contribution in [3.63, 3.8) is 0 Å².